The van der Waals surface area contributed by atoms with Crippen molar-refractivity contribution >= 4 is 0 Å². The molecule has 1 aromatic carbocycles. The summed E-state index contributed by atoms with van der Waals surface area (Å²) in [7, 11) is 0. The van der Waals surface area contributed by atoms with Crippen LogP contribution in [-0.2, 0) is 12.6 Å². The summed E-state index contributed by atoms with van der Waals surface area (Å²) in [4.78, 5) is 0. The molecule has 0 radical (unpaired) electrons. The Balaban J connectivity index is 0.00000211. The van der Waals surface area contributed by atoms with Crippen molar-refractivity contribution in [3.8, 4) is 0 Å². The zero-order chi connectivity index (χ0) is 17.3. The standard InChI is InChI=1S/C16H22F3N.C2H6/c1-4-15(20)7-5-6-12-8-13(11(2)3)10-14(9-12)16(17,18)19;1-2/h4,8-11,15H,1,5-7,20H2,2-3H3;1-2H3. The lowest BCUT2D eigenvalue weighted by molar-refractivity contribution is -0.137. The number of aryl methyl sites for hydroxylation is 1. The average Bonchev–Trinajstić information content (AvgIpc) is 2.47. The highest BCUT2D eigenvalue weighted by Gasteiger charge is 2.31. The number of halogens is 3. The number of hydrogen-bond acceptors (Lipinski definition) is 1. The molecule has 0 aliphatic rings. The van der Waals surface area contributed by atoms with E-state index in [1.807, 2.05) is 33.8 Å². The molecule has 0 aliphatic heterocycles. The van der Waals surface area contributed by atoms with Crippen LogP contribution in [0.3, 0.4) is 0 Å². The summed E-state index contributed by atoms with van der Waals surface area (Å²) in [5.41, 5.74) is 6.60. The van der Waals surface area contributed by atoms with Gasteiger partial charge in [0.2, 0.25) is 0 Å². The monoisotopic (exact) mass is 315 g/mol. The largest absolute Gasteiger partial charge is 0.416 e. The van der Waals surface area contributed by atoms with Crippen molar-refractivity contribution in [1.29, 1.82) is 0 Å². The van der Waals surface area contributed by atoms with Crippen LogP contribution in [-0.4, -0.2) is 6.04 Å². The number of hydrogen-bond donors (Lipinski definition) is 1. The Morgan fingerprint density at radius 1 is 1.18 bits per heavy atom. The third-order valence-corrected chi connectivity index (χ3v) is 3.31. The Morgan fingerprint density at radius 3 is 2.23 bits per heavy atom. The van der Waals surface area contributed by atoms with Gasteiger partial charge in [0, 0.05) is 6.04 Å². The molecule has 0 aromatic heterocycles. The van der Waals surface area contributed by atoms with Gasteiger partial charge in [0.1, 0.15) is 0 Å². The van der Waals surface area contributed by atoms with Crippen LogP contribution < -0.4 is 5.73 Å². The SMILES string of the molecule is C=CC(N)CCCc1cc(C(C)C)cc(C(F)(F)F)c1.CC. The molecule has 0 heterocycles. The van der Waals surface area contributed by atoms with Crippen LogP contribution in [0.5, 0.6) is 0 Å². The highest BCUT2D eigenvalue weighted by molar-refractivity contribution is 5.33. The van der Waals surface area contributed by atoms with Crippen molar-refractivity contribution in [1.82, 2.24) is 0 Å². The normalized spacial score (nSPS) is 12.6. The first kappa shape index (κ1) is 20.7. The predicted molar refractivity (Wildman–Crippen MR) is 88.0 cm³/mol. The predicted octanol–water partition coefficient (Wildman–Crippen LogP) is 5.69. The first-order chi connectivity index (χ1) is 10.2. The minimum Gasteiger partial charge on any atom is -0.324 e. The van der Waals surface area contributed by atoms with E-state index >= 15 is 0 Å². The quantitative estimate of drug-likeness (QED) is 0.670. The van der Waals surface area contributed by atoms with Gasteiger partial charge in [0.25, 0.3) is 0 Å². The van der Waals surface area contributed by atoms with E-state index in [0.717, 1.165) is 24.0 Å². The molecule has 1 atom stereocenters. The lowest BCUT2D eigenvalue weighted by Gasteiger charge is -2.14. The molecular weight excluding hydrogens is 287 g/mol. The van der Waals surface area contributed by atoms with Crippen LogP contribution >= 0.6 is 0 Å². The molecule has 0 fully saturated rings. The van der Waals surface area contributed by atoms with Gasteiger partial charge in [-0.3, -0.25) is 0 Å². The molecule has 0 amide bonds. The Bertz CT molecular complexity index is 450. The summed E-state index contributed by atoms with van der Waals surface area (Å²) in [6.45, 7) is 11.4. The van der Waals surface area contributed by atoms with E-state index in [2.05, 4.69) is 6.58 Å². The van der Waals surface area contributed by atoms with Gasteiger partial charge in [-0.05, 0) is 48.4 Å². The Labute approximate surface area is 132 Å². The fraction of sp³-hybridized carbons (Fsp3) is 0.556. The van der Waals surface area contributed by atoms with Gasteiger partial charge in [0.15, 0.2) is 0 Å². The minimum atomic E-state index is -4.29. The van der Waals surface area contributed by atoms with E-state index < -0.39 is 11.7 Å². The molecule has 1 aromatic rings. The first-order valence-corrected chi connectivity index (χ1v) is 7.83. The zero-order valence-corrected chi connectivity index (χ0v) is 14.0. The maximum atomic E-state index is 12.9. The third-order valence-electron chi connectivity index (χ3n) is 3.31. The summed E-state index contributed by atoms with van der Waals surface area (Å²) >= 11 is 0. The van der Waals surface area contributed by atoms with Crippen molar-refractivity contribution in [2.24, 2.45) is 5.73 Å². The molecule has 0 saturated heterocycles. The molecule has 126 valence electrons. The zero-order valence-electron chi connectivity index (χ0n) is 14.0. The van der Waals surface area contributed by atoms with Crippen molar-refractivity contribution in [2.75, 3.05) is 0 Å². The van der Waals surface area contributed by atoms with Crippen molar-refractivity contribution in [3.63, 3.8) is 0 Å². The number of nitrogens with two attached hydrogens (primary N) is 1. The Kier molecular flexibility index (Phi) is 9.10. The van der Waals surface area contributed by atoms with Crippen LogP contribution in [0.15, 0.2) is 30.9 Å². The van der Waals surface area contributed by atoms with E-state index in [0.29, 0.717) is 6.42 Å². The topological polar surface area (TPSA) is 26.0 Å². The minimum absolute atomic E-state index is 0.0754. The highest BCUT2D eigenvalue weighted by atomic mass is 19.4. The number of alkyl halides is 3. The van der Waals surface area contributed by atoms with Crippen LogP contribution in [0.4, 0.5) is 13.2 Å². The summed E-state index contributed by atoms with van der Waals surface area (Å²) in [6.07, 6.45) is -0.545. The van der Waals surface area contributed by atoms with E-state index in [-0.39, 0.29) is 12.0 Å². The van der Waals surface area contributed by atoms with Crippen LogP contribution in [0, 0.1) is 0 Å². The fourth-order valence-corrected chi connectivity index (χ4v) is 2.02. The molecular formula is C18H28F3N. The second-order valence-corrected chi connectivity index (χ2v) is 5.41. The second-order valence-electron chi connectivity index (χ2n) is 5.41. The van der Waals surface area contributed by atoms with Gasteiger partial charge in [0.05, 0.1) is 5.56 Å². The van der Waals surface area contributed by atoms with Crippen molar-refractivity contribution in [3.05, 3.63) is 47.5 Å². The summed E-state index contributed by atoms with van der Waals surface area (Å²) in [5.74, 6) is 0.0754. The highest BCUT2D eigenvalue weighted by Crippen LogP contribution is 2.32. The molecule has 4 heteroatoms. The number of benzene rings is 1. The number of rotatable bonds is 6. The molecule has 2 N–H and O–H groups in total. The summed E-state index contributed by atoms with van der Waals surface area (Å²) < 4.78 is 38.6. The van der Waals surface area contributed by atoms with Gasteiger partial charge in [-0.2, -0.15) is 13.2 Å². The Hall–Kier alpha value is -1.29. The molecule has 0 saturated carbocycles. The van der Waals surface area contributed by atoms with Crippen molar-refractivity contribution in [2.45, 2.75) is 65.1 Å². The van der Waals surface area contributed by atoms with Gasteiger partial charge >= 0.3 is 6.18 Å². The molecule has 22 heavy (non-hydrogen) atoms. The van der Waals surface area contributed by atoms with Crippen LogP contribution in [0.1, 0.15) is 63.1 Å². The van der Waals surface area contributed by atoms with Gasteiger partial charge < -0.3 is 5.73 Å². The van der Waals surface area contributed by atoms with E-state index in [4.69, 9.17) is 5.73 Å². The fourth-order valence-electron chi connectivity index (χ4n) is 2.02. The van der Waals surface area contributed by atoms with Crippen molar-refractivity contribution < 1.29 is 13.2 Å². The lowest BCUT2D eigenvalue weighted by atomic mass is 9.95. The first-order valence-electron chi connectivity index (χ1n) is 7.83. The van der Waals surface area contributed by atoms with E-state index in [1.165, 1.54) is 12.1 Å². The second kappa shape index (κ2) is 9.67. The van der Waals surface area contributed by atoms with Gasteiger partial charge in [-0.25, -0.2) is 0 Å². The van der Waals surface area contributed by atoms with Crippen LogP contribution in [0.25, 0.3) is 0 Å². The maximum absolute atomic E-state index is 12.9. The maximum Gasteiger partial charge on any atom is 0.416 e. The molecule has 0 spiro atoms. The van der Waals surface area contributed by atoms with E-state index in [9.17, 15) is 13.2 Å². The van der Waals surface area contributed by atoms with E-state index in [1.54, 1.807) is 6.08 Å². The molecule has 1 rings (SSSR count). The van der Waals surface area contributed by atoms with Crippen LogP contribution in [0.2, 0.25) is 0 Å². The van der Waals surface area contributed by atoms with Gasteiger partial charge in [-0.1, -0.05) is 39.8 Å². The molecule has 0 bridgehead atoms. The molecule has 1 nitrogen and oxygen atoms in total. The smallest absolute Gasteiger partial charge is 0.324 e. The lowest BCUT2D eigenvalue weighted by Crippen LogP contribution is -2.16. The molecule has 1 unspecified atom stereocenters. The average molecular weight is 315 g/mol. The summed E-state index contributed by atoms with van der Waals surface area (Å²) in [6, 6.07) is 4.25. The third kappa shape index (κ3) is 7.12. The summed E-state index contributed by atoms with van der Waals surface area (Å²) in [5, 5.41) is 0. The Morgan fingerprint density at radius 2 is 1.77 bits per heavy atom. The van der Waals surface area contributed by atoms with Gasteiger partial charge in [-0.15, -0.1) is 6.58 Å². The molecule has 0 aliphatic carbocycles.